The summed E-state index contributed by atoms with van der Waals surface area (Å²) >= 11 is 0. The number of hydrogen-bond donors (Lipinski definition) is 0. The van der Waals surface area contributed by atoms with Crippen LogP contribution in [0.4, 0.5) is 5.69 Å². The molecule has 1 aromatic heterocycles. The predicted molar refractivity (Wildman–Crippen MR) is 105 cm³/mol. The van der Waals surface area contributed by atoms with E-state index in [2.05, 4.69) is 5.16 Å². The van der Waals surface area contributed by atoms with E-state index < -0.39 is 5.97 Å². The summed E-state index contributed by atoms with van der Waals surface area (Å²) < 4.78 is 10.3. The zero-order chi connectivity index (χ0) is 19.9. The topological polar surface area (TPSA) is 72.6 Å². The lowest BCUT2D eigenvalue weighted by atomic mass is 10.1. The number of rotatable bonds is 7. The lowest BCUT2D eigenvalue weighted by Gasteiger charge is -2.23. The van der Waals surface area contributed by atoms with Crippen LogP contribution in [-0.4, -0.2) is 23.6 Å². The van der Waals surface area contributed by atoms with Gasteiger partial charge in [0.1, 0.15) is 5.76 Å². The summed E-state index contributed by atoms with van der Waals surface area (Å²) in [7, 11) is 0. The summed E-state index contributed by atoms with van der Waals surface area (Å²) in [6, 6.07) is 19.0. The molecule has 0 aliphatic rings. The van der Waals surface area contributed by atoms with E-state index in [1.165, 1.54) is 0 Å². The summed E-state index contributed by atoms with van der Waals surface area (Å²) in [5.41, 5.74) is 3.08. The number of carbonyl (C=O) groups is 2. The van der Waals surface area contributed by atoms with Gasteiger partial charge in [-0.25, -0.2) is 0 Å². The van der Waals surface area contributed by atoms with Crippen LogP contribution in [0.3, 0.4) is 0 Å². The van der Waals surface area contributed by atoms with Crippen LogP contribution in [0, 0.1) is 13.8 Å². The first-order valence-electron chi connectivity index (χ1n) is 9.01. The first-order chi connectivity index (χ1) is 13.5. The third-order valence-corrected chi connectivity index (χ3v) is 4.41. The number of esters is 1. The molecule has 0 unspecified atom stereocenters. The largest absolute Gasteiger partial charge is 0.455 e. The molecule has 144 valence electrons. The monoisotopic (exact) mass is 378 g/mol. The van der Waals surface area contributed by atoms with Gasteiger partial charge in [-0.2, -0.15) is 0 Å². The highest BCUT2D eigenvalue weighted by molar-refractivity contribution is 5.95. The van der Waals surface area contributed by atoms with Gasteiger partial charge in [0.15, 0.2) is 6.61 Å². The number of aromatic nitrogens is 1. The second kappa shape index (κ2) is 8.99. The number of carbonyl (C=O) groups excluding carboxylic acids is 2. The molecule has 0 aliphatic heterocycles. The van der Waals surface area contributed by atoms with Gasteiger partial charge in [-0.15, -0.1) is 0 Å². The van der Waals surface area contributed by atoms with Gasteiger partial charge >= 0.3 is 5.97 Å². The first-order valence-corrected chi connectivity index (χ1v) is 9.01. The molecule has 0 saturated carbocycles. The standard InChI is InChI=1S/C22H22N2O4/c1-16-20(17(2)28-23-16)13-22(26)27-15-21(25)24(19-11-7-4-8-12-19)14-18-9-5-3-6-10-18/h3-12H,13-15H2,1-2H3. The molecule has 1 heterocycles. The van der Waals surface area contributed by atoms with E-state index in [1.807, 2.05) is 60.7 Å². The van der Waals surface area contributed by atoms with Gasteiger partial charge in [-0.3, -0.25) is 9.59 Å². The Morgan fingerprint density at radius 2 is 1.64 bits per heavy atom. The third-order valence-electron chi connectivity index (χ3n) is 4.41. The zero-order valence-corrected chi connectivity index (χ0v) is 15.9. The molecule has 3 aromatic rings. The van der Waals surface area contributed by atoms with E-state index in [0.717, 1.165) is 11.3 Å². The molecule has 0 radical (unpaired) electrons. The minimum Gasteiger partial charge on any atom is -0.455 e. The van der Waals surface area contributed by atoms with Crippen molar-refractivity contribution in [1.82, 2.24) is 5.16 Å². The minimum absolute atomic E-state index is 0.0263. The highest BCUT2D eigenvalue weighted by Gasteiger charge is 2.20. The fourth-order valence-electron chi connectivity index (χ4n) is 2.87. The SMILES string of the molecule is Cc1noc(C)c1CC(=O)OCC(=O)N(Cc1ccccc1)c1ccccc1. The maximum Gasteiger partial charge on any atom is 0.310 e. The number of ether oxygens (including phenoxy) is 1. The Kier molecular flexibility index (Phi) is 6.22. The van der Waals surface area contributed by atoms with Crippen molar-refractivity contribution in [3.63, 3.8) is 0 Å². The Bertz CT molecular complexity index is 916. The quantitative estimate of drug-likeness (QED) is 0.587. The lowest BCUT2D eigenvalue weighted by molar-refractivity contribution is -0.147. The molecule has 3 rings (SSSR count). The van der Waals surface area contributed by atoms with E-state index in [0.29, 0.717) is 23.6 Å². The van der Waals surface area contributed by atoms with E-state index in [-0.39, 0.29) is 18.9 Å². The van der Waals surface area contributed by atoms with Gasteiger partial charge in [-0.1, -0.05) is 53.7 Å². The molecule has 0 bridgehead atoms. The molecule has 0 saturated heterocycles. The molecule has 0 aliphatic carbocycles. The number of benzene rings is 2. The number of anilines is 1. The molecular formula is C22H22N2O4. The van der Waals surface area contributed by atoms with Crippen LogP contribution in [0.1, 0.15) is 22.6 Å². The van der Waals surface area contributed by atoms with Gasteiger partial charge < -0.3 is 14.2 Å². The van der Waals surface area contributed by atoms with Gasteiger partial charge in [0, 0.05) is 11.3 Å². The van der Waals surface area contributed by atoms with Crippen molar-refractivity contribution in [1.29, 1.82) is 0 Å². The van der Waals surface area contributed by atoms with Crippen molar-refractivity contribution in [2.75, 3.05) is 11.5 Å². The Morgan fingerprint density at radius 3 is 2.25 bits per heavy atom. The smallest absolute Gasteiger partial charge is 0.310 e. The van der Waals surface area contributed by atoms with Crippen molar-refractivity contribution in [2.45, 2.75) is 26.8 Å². The Hall–Kier alpha value is -3.41. The summed E-state index contributed by atoms with van der Waals surface area (Å²) in [6.07, 6.45) is 0.0263. The van der Waals surface area contributed by atoms with Crippen molar-refractivity contribution >= 4 is 17.6 Å². The molecular weight excluding hydrogens is 356 g/mol. The fourth-order valence-corrected chi connectivity index (χ4v) is 2.87. The second-order valence-corrected chi connectivity index (χ2v) is 6.44. The zero-order valence-electron chi connectivity index (χ0n) is 15.9. The van der Waals surface area contributed by atoms with Crippen molar-refractivity contribution in [3.05, 3.63) is 83.2 Å². The first kappa shape index (κ1) is 19.4. The molecule has 2 aromatic carbocycles. The van der Waals surface area contributed by atoms with Crippen LogP contribution in [0.15, 0.2) is 65.2 Å². The Morgan fingerprint density at radius 1 is 1.00 bits per heavy atom. The van der Waals surface area contributed by atoms with E-state index in [1.54, 1.807) is 18.7 Å². The third kappa shape index (κ3) is 4.85. The Labute approximate surface area is 163 Å². The van der Waals surface area contributed by atoms with E-state index in [9.17, 15) is 9.59 Å². The molecule has 0 N–H and O–H groups in total. The molecule has 6 nitrogen and oxygen atoms in total. The van der Waals surface area contributed by atoms with Crippen molar-refractivity contribution in [2.24, 2.45) is 0 Å². The van der Waals surface area contributed by atoms with Gasteiger partial charge in [0.25, 0.3) is 5.91 Å². The van der Waals surface area contributed by atoms with Gasteiger partial charge in [-0.05, 0) is 31.5 Å². The fraction of sp³-hybridized carbons (Fsp3) is 0.227. The second-order valence-electron chi connectivity index (χ2n) is 6.44. The van der Waals surface area contributed by atoms with E-state index in [4.69, 9.17) is 9.26 Å². The number of para-hydroxylation sites is 1. The normalized spacial score (nSPS) is 10.5. The number of amides is 1. The van der Waals surface area contributed by atoms with Crippen molar-refractivity contribution < 1.29 is 18.8 Å². The van der Waals surface area contributed by atoms with Crippen LogP contribution in [-0.2, 0) is 27.3 Å². The molecule has 6 heteroatoms. The van der Waals surface area contributed by atoms with Crippen LogP contribution >= 0.6 is 0 Å². The average Bonchev–Trinajstić information content (AvgIpc) is 3.03. The van der Waals surface area contributed by atoms with Gasteiger partial charge in [0.05, 0.1) is 18.7 Å². The molecule has 28 heavy (non-hydrogen) atoms. The van der Waals surface area contributed by atoms with Crippen LogP contribution in [0.25, 0.3) is 0 Å². The van der Waals surface area contributed by atoms with Crippen LogP contribution in [0.5, 0.6) is 0 Å². The summed E-state index contributed by atoms with van der Waals surface area (Å²) in [6.45, 7) is 3.57. The maximum absolute atomic E-state index is 12.8. The molecule has 1 amide bonds. The van der Waals surface area contributed by atoms with Crippen molar-refractivity contribution in [3.8, 4) is 0 Å². The highest BCUT2D eigenvalue weighted by Crippen LogP contribution is 2.18. The number of aryl methyl sites for hydroxylation is 2. The van der Waals surface area contributed by atoms with Gasteiger partial charge in [0.2, 0.25) is 0 Å². The van der Waals surface area contributed by atoms with Crippen LogP contribution in [0.2, 0.25) is 0 Å². The van der Waals surface area contributed by atoms with E-state index >= 15 is 0 Å². The average molecular weight is 378 g/mol. The summed E-state index contributed by atoms with van der Waals surface area (Å²) in [5.74, 6) is -0.201. The minimum atomic E-state index is -0.490. The Balaban J connectivity index is 1.66. The predicted octanol–water partition coefficient (Wildman–Crippen LogP) is 3.61. The lowest BCUT2D eigenvalue weighted by Crippen LogP contribution is -2.34. The number of hydrogen-bond acceptors (Lipinski definition) is 5. The molecule has 0 spiro atoms. The number of nitrogens with zero attached hydrogens (tertiary/aromatic N) is 2. The van der Waals surface area contributed by atoms with Crippen LogP contribution < -0.4 is 4.90 Å². The molecule has 0 atom stereocenters. The maximum atomic E-state index is 12.8. The summed E-state index contributed by atoms with van der Waals surface area (Å²) in [4.78, 5) is 26.6. The summed E-state index contributed by atoms with van der Waals surface area (Å²) in [5, 5.41) is 3.82. The highest BCUT2D eigenvalue weighted by atomic mass is 16.5. The molecule has 0 fully saturated rings.